The Kier molecular flexibility index (Phi) is 4.04. The van der Waals surface area contributed by atoms with Gasteiger partial charge in [-0.1, -0.05) is 11.6 Å². The first-order chi connectivity index (χ1) is 9.45. The molecule has 106 valence electrons. The highest BCUT2D eigenvalue weighted by atomic mass is 35.5. The molecule has 0 radical (unpaired) electrons. The quantitative estimate of drug-likeness (QED) is 0.646. The third-order valence-electron chi connectivity index (χ3n) is 2.80. The summed E-state index contributed by atoms with van der Waals surface area (Å²) in [6, 6.07) is 1.27. The molecule has 20 heavy (non-hydrogen) atoms. The molecular formula is C13H13ClFN3O2. The number of aromatic nitrogens is 3. The van der Waals surface area contributed by atoms with Crippen molar-refractivity contribution < 1.29 is 13.9 Å². The van der Waals surface area contributed by atoms with Crippen LogP contribution in [-0.2, 0) is 4.74 Å². The van der Waals surface area contributed by atoms with Crippen LogP contribution in [0.2, 0.25) is 5.15 Å². The van der Waals surface area contributed by atoms with E-state index in [2.05, 4.69) is 10.1 Å². The lowest BCUT2D eigenvalue weighted by molar-refractivity contribution is 0.0525. The van der Waals surface area contributed by atoms with E-state index in [1.54, 1.807) is 20.8 Å². The molecule has 7 heteroatoms. The van der Waals surface area contributed by atoms with Gasteiger partial charge in [0.1, 0.15) is 5.56 Å². The van der Waals surface area contributed by atoms with E-state index in [1.807, 2.05) is 0 Å². The molecule has 0 atom stereocenters. The van der Waals surface area contributed by atoms with Crippen molar-refractivity contribution in [2.75, 3.05) is 6.61 Å². The average molecular weight is 298 g/mol. The minimum Gasteiger partial charge on any atom is -0.462 e. The number of hydrogen-bond donors (Lipinski definition) is 0. The lowest BCUT2D eigenvalue weighted by Crippen LogP contribution is -2.09. The number of esters is 1. The van der Waals surface area contributed by atoms with Gasteiger partial charge < -0.3 is 4.74 Å². The maximum absolute atomic E-state index is 13.3. The second kappa shape index (κ2) is 5.58. The Balaban J connectivity index is 2.50. The standard InChI is InChI=1S/C13H13ClFN3O2/c1-4-20-13(19)9-6-16-18(8(9)3)12-7(2)5-10(15)11(14)17-12/h5-6H,4H2,1-3H3. The van der Waals surface area contributed by atoms with Gasteiger partial charge in [-0.05, 0) is 32.4 Å². The molecule has 0 aromatic carbocycles. The van der Waals surface area contributed by atoms with Gasteiger partial charge in [0.05, 0.1) is 18.5 Å². The molecule has 2 aromatic rings. The molecule has 0 aliphatic carbocycles. The highest BCUT2D eigenvalue weighted by Crippen LogP contribution is 2.21. The Labute approximate surface area is 120 Å². The van der Waals surface area contributed by atoms with Gasteiger partial charge in [-0.2, -0.15) is 5.10 Å². The molecular weight excluding hydrogens is 285 g/mol. The van der Waals surface area contributed by atoms with Crippen LogP contribution in [0.15, 0.2) is 12.3 Å². The topological polar surface area (TPSA) is 57.0 Å². The summed E-state index contributed by atoms with van der Waals surface area (Å²) >= 11 is 5.69. The molecule has 2 aromatic heterocycles. The lowest BCUT2D eigenvalue weighted by Gasteiger charge is -2.08. The molecule has 0 unspecified atom stereocenters. The summed E-state index contributed by atoms with van der Waals surface area (Å²) in [5.74, 6) is -0.671. The van der Waals surface area contributed by atoms with E-state index in [9.17, 15) is 9.18 Å². The molecule has 2 rings (SSSR count). The first-order valence-electron chi connectivity index (χ1n) is 6.00. The number of nitrogens with zero attached hydrogens (tertiary/aromatic N) is 3. The summed E-state index contributed by atoms with van der Waals surface area (Å²) < 4.78 is 19.7. The predicted octanol–water partition coefficient (Wildman–Crippen LogP) is 2.85. The highest BCUT2D eigenvalue weighted by molar-refractivity contribution is 6.29. The van der Waals surface area contributed by atoms with Crippen LogP contribution in [0.4, 0.5) is 4.39 Å². The van der Waals surface area contributed by atoms with Gasteiger partial charge in [0.15, 0.2) is 16.8 Å². The monoisotopic (exact) mass is 297 g/mol. The Morgan fingerprint density at radius 3 is 2.85 bits per heavy atom. The second-order valence-electron chi connectivity index (χ2n) is 4.18. The minimum absolute atomic E-state index is 0.238. The number of rotatable bonds is 3. The Morgan fingerprint density at radius 2 is 2.20 bits per heavy atom. The van der Waals surface area contributed by atoms with Crippen molar-refractivity contribution in [3.63, 3.8) is 0 Å². The van der Waals surface area contributed by atoms with Crippen LogP contribution in [0.1, 0.15) is 28.5 Å². The fraction of sp³-hybridized carbons (Fsp3) is 0.308. The lowest BCUT2D eigenvalue weighted by atomic mass is 10.2. The van der Waals surface area contributed by atoms with Crippen LogP contribution in [0, 0.1) is 19.7 Å². The number of aryl methyl sites for hydroxylation is 1. The average Bonchev–Trinajstić information content (AvgIpc) is 2.76. The summed E-state index contributed by atoms with van der Waals surface area (Å²) in [6.45, 7) is 5.40. The third-order valence-corrected chi connectivity index (χ3v) is 3.07. The van der Waals surface area contributed by atoms with Crippen LogP contribution in [0.3, 0.4) is 0 Å². The van der Waals surface area contributed by atoms with Crippen LogP contribution >= 0.6 is 11.6 Å². The summed E-state index contributed by atoms with van der Waals surface area (Å²) in [5.41, 5.74) is 1.46. The Hall–Kier alpha value is -1.95. The maximum Gasteiger partial charge on any atom is 0.341 e. The van der Waals surface area contributed by atoms with E-state index >= 15 is 0 Å². The minimum atomic E-state index is -0.594. The zero-order valence-electron chi connectivity index (χ0n) is 11.3. The highest BCUT2D eigenvalue weighted by Gasteiger charge is 2.18. The number of carbonyl (C=O) groups excluding carboxylic acids is 1. The van der Waals surface area contributed by atoms with Crippen LogP contribution in [-0.4, -0.2) is 27.3 Å². The van der Waals surface area contributed by atoms with Crippen molar-refractivity contribution in [1.29, 1.82) is 0 Å². The van der Waals surface area contributed by atoms with Gasteiger partial charge in [0.25, 0.3) is 0 Å². The molecule has 0 aliphatic rings. The first kappa shape index (κ1) is 14.5. The van der Waals surface area contributed by atoms with E-state index in [1.165, 1.54) is 16.9 Å². The van der Waals surface area contributed by atoms with E-state index in [0.717, 1.165) is 0 Å². The van der Waals surface area contributed by atoms with Gasteiger partial charge in [-0.3, -0.25) is 0 Å². The third kappa shape index (κ3) is 2.51. The van der Waals surface area contributed by atoms with E-state index in [-0.39, 0.29) is 11.8 Å². The molecule has 0 spiro atoms. The van der Waals surface area contributed by atoms with Gasteiger partial charge in [0.2, 0.25) is 0 Å². The fourth-order valence-electron chi connectivity index (χ4n) is 1.80. The molecule has 0 fully saturated rings. The number of hydrogen-bond acceptors (Lipinski definition) is 4. The Morgan fingerprint density at radius 1 is 1.50 bits per heavy atom. The van der Waals surface area contributed by atoms with Crippen molar-refractivity contribution in [2.24, 2.45) is 0 Å². The first-order valence-corrected chi connectivity index (χ1v) is 6.38. The van der Waals surface area contributed by atoms with E-state index in [0.29, 0.717) is 22.6 Å². The molecule has 0 amide bonds. The summed E-state index contributed by atoms with van der Waals surface area (Å²) in [7, 11) is 0. The molecule has 0 aliphatic heterocycles. The van der Waals surface area contributed by atoms with Gasteiger partial charge in [-0.25, -0.2) is 18.9 Å². The smallest absolute Gasteiger partial charge is 0.341 e. The van der Waals surface area contributed by atoms with Crippen LogP contribution in [0.25, 0.3) is 5.82 Å². The fourth-order valence-corrected chi connectivity index (χ4v) is 1.93. The SMILES string of the molecule is CCOC(=O)c1cnn(-c2nc(Cl)c(F)cc2C)c1C. The molecule has 5 nitrogen and oxygen atoms in total. The van der Waals surface area contributed by atoms with Gasteiger partial charge in [-0.15, -0.1) is 0 Å². The zero-order valence-corrected chi connectivity index (χ0v) is 12.0. The largest absolute Gasteiger partial charge is 0.462 e. The molecule has 0 saturated carbocycles. The van der Waals surface area contributed by atoms with Crippen LogP contribution < -0.4 is 0 Å². The number of pyridine rings is 1. The summed E-state index contributed by atoms with van der Waals surface area (Å²) in [5, 5.41) is 3.86. The molecule has 0 bridgehead atoms. The normalized spacial score (nSPS) is 10.7. The van der Waals surface area contributed by atoms with Gasteiger partial charge in [0, 0.05) is 0 Å². The van der Waals surface area contributed by atoms with Crippen molar-refractivity contribution in [2.45, 2.75) is 20.8 Å². The number of ether oxygens (including phenoxy) is 1. The van der Waals surface area contributed by atoms with Gasteiger partial charge >= 0.3 is 5.97 Å². The molecule has 2 heterocycles. The number of carbonyl (C=O) groups is 1. The van der Waals surface area contributed by atoms with Crippen molar-refractivity contribution in [3.8, 4) is 5.82 Å². The van der Waals surface area contributed by atoms with Crippen LogP contribution in [0.5, 0.6) is 0 Å². The van der Waals surface area contributed by atoms with E-state index < -0.39 is 11.8 Å². The predicted molar refractivity (Wildman–Crippen MR) is 71.8 cm³/mol. The van der Waals surface area contributed by atoms with Crippen molar-refractivity contribution >= 4 is 17.6 Å². The second-order valence-corrected chi connectivity index (χ2v) is 4.54. The van der Waals surface area contributed by atoms with Crippen molar-refractivity contribution in [3.05, 3.63) is 40.1 Å². The molecule has 0 saturated heterocycles. The van der Waals surface area contributed by atoms with Crippen molar-refractivity contribution in [1.82, 2.24) is 14.8 Å². The number of halogens is 2. The zero-order chi connectivity index (χ0) is 14.9. The Bertz CT molecular complexity index is 670. The molecule has 0 N–H and O–H groups in total. The summed E-state index contributed by atoms with van der Waals surface area (Å²) in [4.78, 5) is 15.7. The summed E-state index contributed by atoms with van der Waals surface area (Å²) in [6.07, 6.45) is 1.39. The maximum atomic E-state index is 13.3. The van der Waals surface area contributed by atoms with E-state index in [4.69, 9.17) is 16.3 Å².